The van der Waals surface area contributed by atoms with E-state index in [-0.39, 0.29) is 29.5 Å². The van der Waals surface area contributed by atoms with Crippen LogP contribution in [0.2, 0.25) is 5.02 Å². The van der Waals surface area contributed by atoms with E-state index < -0.39 is 28.5 Å². The summed E-state index contributed by atoms with van der Waals surface area (Å²) < 4.78 is 30.1. The van der Waals surface area contributed by atoms with Crippen molar-refractivity contribution in [3.8, 4) is 0 Å². The quantitative estimate of drug-likeness (QED) is 0.188. The summed E-state index contributed by atoms with van der Waals surface area (Å²) in [5.74, 6) is -0.864. The molecule has 2 amide bonds. The average molecular weight is 683 g/mol. The number of amides is 2. The van der Waals surface area contributed by atoms with Crippen molar-refractivity contribution in [3.63, 3.8) is 0 Å². The van der Waals surface area contributed by atoms with Gasteiger partial charge in [0.1, 0.15) is 12.6 Å². The largest absolute Gasteiger partial charge is 0.355 e. The Bertz CT molecular complexity index is 1670. The molecule has 0 radical (unpaired) electrons. The number of carbonyl (C=O) groups is 2. The van der Waals surface area contributed by atoms with Crippen LogP contribution in [-0.4, -0.2) is 44.3 Å². The van der Waals surface area contributed by atoms with Gasteiger partial charge in [0.05, 0.1) is 10.6 Å². The Morgan fingerprint density at radius 1 is 0.884 bits per heavy atom. The molecule has 0 aliphatic heterocycles. The van der Waals surface area contributed by atoms with E-state index in [1.165, 1.54) is 17.0 Å². The van der Waals surface area contributed by atoms with Crippen molar-refractivity contribution in [2.24, 2.45) is 0 Å². The molecule has 0 saturated heterocycles. The first-order valence-corrected chi connectivity index (χ1v) is 16.4. The number of anilines is 1. The Balaban J connectivity index is 1.82. The number of nitrogens with one attached hydrogen (secondary N) is 1. The molecule has 43 heavy (non-hydrogen) atoms. The first kappa shape index (κ1) is 32.3. The number of rotatable bonds is 12. The van der Waals surface area contributed by atoms with Gasteiger partial charge in [-0.15, -0.1) is 0 Å². The molecule has 7 nitrogen and oxygen atoms in total. The van der Waals surface area contributed by atoms with Gasteiger partial charge >= 0.3 is 0 Å². The molecule has 224 valence electrons. The van der Waals surface area contributed by atoms with Gasteiger partial charge in [-0.1, -0.05) is 94.3 Å². The van der Waals surface area contributed by atoms with Crippen molar-refractivity contribution in [2.45, 2.75) is 37.8 Å². The van der Waals surface area contributed by atoms with Crippen LogP contribution in [0, 0.1) is 6.92 Å². The lowest BCUT2D eigenvalue weighted by Gasteiger charge is -2.34. The molecular weight excluding hydrogens is 650 g/mol. The molecule has 0 fully saturated rings. The first-order valence-electron chi connectivity index (χ1n) is 13.8. The number of hydrogen-bond donors (Lipinski definition) is 1. The maximum Gasteiger partial charge on any atom is 0.264 e. The van der Waals surface area contributed by atoms with Crippen LogP contribution in [0.3, 0.4) is 0 Å². The topological polar surface area (TPSA) is 86.8 Å². The molecule has 0 bridgehead atoms. The minimum atomic E-state index is -4.20. The Morgan fingerprint density at radius 2 is 1.51 bits per heavy atom. The molecule has 4 rings (SSSR count). The third kappa shape index (κ3) is 8.04. The highest BCUT2D eigenvalue weighted by Gasteiger charge is 2.35. The third-order valence-corrected chi connectivity index (χ3v) is 9.66. The third-order valence-electron chi connectivity index (χ3n) is 6.98. The van der Waals surface area contributed by atoms with E-state index in [0.717, 1.165) is 19.9 Å². The highest BCUT2D eigenvalue weighted by atomic mass is 79.9. The summed E-state index contributed by atoms with van der Waals surface area (Å²) in [6, 6.07) is 28.9. The lowest BCUT2D eigenvalue weighted by Crippen LogP contribution is -2.53. The van der Waals surface area contributed by atoms with Gasteiger partial charge in [-0.05, 0) is 66.9 Å². The second-order valence-electron chi connectivity index (χ2n) is 9.96. The molecule has 0 heterocycles. The van der Waals surface area contributed by atoms with E-state index in [4.69, 9.17) is 11.6 Å². The highest BCUT2D eigenvalue weighted by Crippen LogP contribution is 2.31. The molecule has 4 aromatic carbocycles. The van der Waals surface area contributed by atoms with E-state index in [1.807, 2.05) is 61.5 Å². The molecule has 1 N–H and O–H groups in total. The van der Waals surface area contributed by atoms with Gasteiger partial charge in [0.15, 0.2) is 0 Å². The van der Waals surface area contributed by atoms with Crippen LogP contribution in [0.5, 0.6) is 0 Å². The zero-order chi connectivity index (χ0) is 31.0. The van der Waals surface area contributed by atoms with E-state index in [2.05, 4.69) is 21.2 Å². The van der Waals surface area contributed by atoms with Gasteiger partial charge in [-0.3, -0.25) is 13.9 Å². The van der Waals surface area contributed by atoms with Crippen LogP contribution in [-0.2, 0) is 32.6 Å². The fraction of sp³-hybridized carbons (Fsp3) is 0.212. The molecule has 4 aromatic rings. The van der Waals surface area contributed by atoms with Crippen molar-refractivity contribution >= 4 is 55.1 Å². The number of hydrogen-bond acceptors (Lipinski definition) is 4. The molecule has 0 unspecified atom stereocenters. The van der Waals surface area contributed by atoms with Crippen molar-refractivity contribution in [3.05, 3.63) is 129 Å². The van der Waals surface area contributed by atoms with E-state index >= 15 is 0 Å². The number of likely N-dealkylation sites (N-methyl/N-ethyl adjacent to an activating group) is 1. The maximum atomic E-state index is 14.4. The number of halogens is 2. The first-order chi connectivity index (χ1) is 20.6. The Kier molecular flexibility index (Phi) is 11.0. The van der Waals surface area contributed by atoms with E-state index in [1.54, 1.807) is 43.3 Å². The Morgan fingerprint density at radius 3 is 2.16 bits per heavy atom. The zero-order valence-corrected chi connectivity index (χ0v) is 27.1. The molecule has 0 aromatic heterocycles. The van der Waals surface area contributed by atoms with Crippen molar-refractivity contribution < 1.29 is 18.0 Å². The van der Waals surface area contributed by atoms with Crippen LogP contribution in [0.15, 0.2) is 112 Å². The van der Waals surface area contributed by atoms with Gasteiger partial charge in [0.25, 0.3) is 10.0 Å². The standard InChI is InChI=1S/C33H33BrClN3O4S/c1-3-36-33(40)31(21-25-12-6-4-7-13-25)37(22-26-14-10-15-27(34)20-26)32(39)23-38(30-19-11-18-29(35)24(30)2)43(41,42)28-16-8-5-9-17-28/h4-20,31H,3,21-23H2,1-2H3,(H,36,40)/t31-/m0/s1. The molecular formula is C33H33BrClN3O4S. The van der Waals surface area contributed by atoms with E-state index in [9.17, 15) is 18.0 Å². The Labute approximate surface area is 266 Å². The summed E-state index contributed by atoms with van der Waals surface area (Å²) in [4.78, 5) is 29.5. The zero-order valence-electron chi connectivity index (χ0n) is 23.9. The highest BCUT2D eigenvalue weighted by molar-refractivity contribution is 9.10. The lowest BCUT2D eigenvalue weighted by atomic mass is 10.0. The van der Waals surface area contributed by atoms with Crippen LogP contribution in [0.25, 0.3) is 0 Å². The monoisotopic (exact) mass is 681 g/mol. The maximum absolute atomic E-state index is 14.4. The van der Waals surface area contributed by atoms with Gasteiger partial charge in [-0.25, -0.2) is 8.42 Å². The Hall–Kier alpha value is -3.66. The second-order valence-corrected chi connectivity index (χ2v) is 13.1. The average Bonchev–Trinajstić information content (AvgIpc) is 3.00. The summed E-state index contributed by atoms with van der Waals surface area (Å²) in [7, 11) is -4.20. The molecule has 1 atom stereocenters. The summed E-state index contributed by atoms with van der Waals surface area (Å²) in [5, 5.41) is 3.23. The summed E-state index contributed by atoms with van der Waals surface area (Å²) in [5.41, 5.74) is 2.44. The fourth-order valence-corrected chi connectivity index (χ4v) is 6.89. The lowest BCUT2D eigenvalue weighted by molar-refractivity contribution is -0.140. The van der Waals surface area contributed by atoms with Gasteiger partial charge in [0.2, 0.25) is 11.8 Å². The summed E-state index contributed by atoms with van der Waals surface area (Å²) >= 11 is 9.91. The number of carbonyl (C=O) groups excluding carboxylic acids is 2. The minimum Gasteiger partial charge on any atom is -0.355 e. The van der Waals surface area contributed by atoms with E-state index in [0.29, 0.717) is 17.1 Å². The molecule has 0 saturated carbocycles. The van der Waals surface area contributed by atoms with Gasteiger partial charge < -0.3 is 10.2 Å². The van der Waals surface area contributed by atoms with Crippen LogP contribution in [0.4, 0.5) is 5.69 Å². The number of sulfonamides is 1. The van der Waals surface area contributed by atoms with Crippen molar-refractivity contribution in [1.29, 1.82) is 0 Å². The van der Waals surface area contributed by atoms with Crippen molar-refractivity contribution in [1.82, 2.24) is 10.2 Å². The molecule has 0 spiro atoms. The predicted octanol–water partition coefficient (Wildman–Crippen LogP) is 6.38. The smallest absolute Gasteiger partial charge is 0.264 e. The summed E-state index contributed by atoms with van der Waals surface area (Å²) in [6.45, 7) is 3.44. The predicted molar refractivity (Wildman–Crippen MR) is 174 cm³/mol. The van der Waals surface area contributed by atoms with Crippen LogP contribution >= 0.6 is 27.5 Å². The number of benzene rings is 4. The normalized spacial score (nSPS) is 11.9. The SMILES string of the molecule is CCNC(=O)[C@H](Cc1ccccc1)N(Cc1cccc(Br)c1)C(=O)CN(c1cccc(Cl)c1C)S(=O)(=O)c1ccccc1. The van der Waals surface area contributed by atoms with Crippen LogP contribution in [0.1, 0.15) is 23.6 Å². The fourth-order valence-electron chi connectivity index (χ4n) is 4.78. The molecule has 0 aliphatic carbocycles. The second kappa shape index (κ2) is 14.7. The molecule has 0 aliphatic rings. The number of nitrogens with zero attached hydrogens (tertiary/aromatic N) is 2. The summed E-state index contributed by atoms with van der Waals surface area (Å²) in [6.07, 6.45) is 0.244. The van der Waals surface area contributed by atoms with Crippen LogP contribution < -0.4 is 9.62 Å². The van der Waals surface area contributed by atoms with Crippen molar-refractivity contribution in [2.75, 3.05) is 17.4 Å². The van der Waals surface area contributed by atoms with Gasteiger partial charge in [0, 0.05) is 29.0 Å². The van der Waals surface area contributed by atoms with Gasteiger partial charge in [-0.2, -0.15) is 0 Å². The minimum absolute atomic E-state index is 0.0327. The molecule has 10 heteroatoms.